The summed E-state index contributed by atoms with van der Waals surface area (Å²) in [7, 11) is 0. The SMILES string of the molecule is C#C[C@H]1O[C@H](CO)[C@@H](O)[C@H](O)[C@@]1(O)C#Cc1ccccc1. The summed E-state index contributed by atoms with van der Waals surface area (Å²) in [6.45, 7) is -0.529. The van der Waals surface area contributed by atoms with Gasteiger partial charge in [0.05, 0.1) is 6.61 Å². The van der Waals surface area contributed by atoms with Crippen molar-refractivity contribution >= 4 is 0 Å². The molecular formula is C16H16O5. The van der Waals surface area contributed by atoms with Gasteiger partial charge < -0.3 is 25.2 Å². The molecule has 4 N–H and O–H groups in total. The lowest BCUT2D eigenvalue weighted by Gasteiger charge is -2.43. The van der Waals surface area contributed by atoms with Crippen LogP contribution in [0, 0.1) is 24.2 Å². The van der Waals surface area contributed by atoms with E-state index in [1.165, 1.54) is 0 Å². The molecule has 1 saturated heterocycles. The maximum atomic E-state index is 10.5. The molecule has 0 aromatic heterocycles. The third kappa shape index (κ3) is 2.93. The van der Waals surface area contributed by atoms with Crippen molar-refractivity contribution < 1.29 is 25.2 Å². The first-order valence-corrected chi connectivity index (χ1v) is 6.42. The highest BCUT2D eigenvalue weighted by molar-refractivity contribution is 5.39. The van der Waals surface area contributed by atoms with E-state index in [0.717, 1.165) is 0 Å². The van der Waals surface area contributed by atoms with Gasteiger partial charge in [0.25, 0.3) is 0 Å². The first-order chi connectivity index (χ1) is 10.0. The van der Waals surface area contributed by atoms with Gasteiger partial charge in [0.15, 0.2) is 11.7 Å². The van der Waals surface area contributed by atoms with Gasteiger partial charge in [-0.2, -0.15) is 0 Å². The number of rotatable bonds is 1. The zero-order valence-electron chi connectivity index (χ0n) is 11.2. The van der Waals surface area contributed by atoms with E-state index in [-0.39, 0.29) is 0 Å². The molecule has 0 amide bonds. The van der Waals surface area contributed by atoms with Crippen LogP contribution < -0.4 is 0 Å². The van der Waals surface area contributed by atoms with E-state index >= 15 is 0 Å². The molecule has 21 heavy (non-hydrogen) atoms. The maximum absolute atomic E-state index is 10.5. The Hall–Kier alpha value is -1.86. The fourth-order valence-electron chi connectivity index (χ4n) is 2.13. The summed E-state index contributed by atoms with van der Waals surface area (Å²) in [5.74, 6) is 7.37. The molecule has 1 aliphatic rings. The van der Waals surface area contributed by atoms with E-state index in [9.17, 15) is 15.3 Å². The Morgan fingerprint density at radius 2 is 1.90 bits per heavy atom. The third-order valence-electron chi connectivity index (χ3n) is 3.38. The lowest BCUT2D eigenvalue weighted by molar-refractivity contribution is -0.239. The van der Waals surface area contributed by atoms with Crippen LogP contribution in [0.5, 0.6) is 0 Å². The second-order valence-electron chi connectivity index (χ2n) is 4.78. The summed E-state index contributed by atoms with van der Waals surface area (Å²) in [5, 5.41) is 39.5. The normalized spacial score (nSPS) is 35.4. The summed E-state index contributed by atoms with van der Waals surface area (Å²) in [6, 6.07) is 8.82. The van der Waals surface area contributed by atoms with Crippen LogP contribution in [0.15, 0.2) is 30.3 Å². The molecular weight excluding hydrogens is 272 g/mol. The summed E-state index contributed by atoms with van der Waals surface area (Å²) in [6.07, 6.45) is -0.177. The molecule has 0 bridgehead atoms. The lowest BCUT2D eigenvalue weighted by Crippen LogP contribution is -2.65. The van der Waals surface area contributed by atoms with Crippen molar-refractivity contribution in [2.24, 2.45) is 0 Å². The molecule has 0 radical (unpaired) electrons. The Morgan fingerprint density at radius 3 is 2.48 bits per heavy atom. The smallest absolute Gasteiger partial charge is 0.191 e. The number of terminal acetylenes is 1. The van der Waals surface area contributed by atoms with Crippen LogP contribution in [0.2, 0.25) is 0 Å². The van der Waals surface area contributed by atoms with Crippen molar-refractivity contribution in [2.75, 3.05) is 6.61 Å². The van der Waals surface area contributed by atoms with Crippen LogP contribution in [0.25, 0.3) is 0 Å². The van der Waals surface area contributed by atoms with Gasteiger partial charge in [-0.15, -0.1) is 6.42 Å². The molecule has 1 fully saturated rings. The molecule has 5 nitrogen and oxygen atoms in total. The van der Waals surface area contributed by atoms with Gasteiger partial charge in [0, 0.05) is 5.56 Å². The highest BCUT2D eigenvalue weighted by Crippen LogP contribution is 2.29. The molecule has 2 rings (SSSR count). The fourth-order valence-corrected chi connectivity index (χ4v) is 2.13. The van der Waals surface area contributed by atoms with Crippen LogP contribution in [0.4, 0.5) is 0 Å². The molecule has 0 spiro atoms. The first kappa shape index (κ1) is 15.5. The zero-order valence-corrected chi connectivity index (χ0v) is 11.2. The number of ether oxygens (including phenoxy) is 1. The molecule has 5 atom stereocenters. The van der Waals surface area contributed by atoms with Gasteiger partial charge in [-0.1, -0.05) is 36.0 Å². The Morgan fingerprint density at radius 1 is 1.24 bits per heavy atom. The monoisotopic (exact) mass is 288 g/mol. The Bertz CT molecular complexity index is 582. The van der Waals surface area contributed by atoms with Crippen molar-refractivity contribution in [3.8, 4) is 24.2 Å². The molecule has 1 aliphatic heterocycles. The number of aliphatic hydroxyl groups excluding tert-OH is 3. The topological polar surface area (TPSA) is 90.2 Å². The minimum absolute atomic E-state index is 0.529. The van der Waals surface area contributed by atoms with Crippen LogP contribution in [-0.2, 0) is 4.74 Å². The quantitative estimate of drug-likeness (QED) is 0.492. The van der Waals surface area contributed by atoms with Gasteiger partial charge in [-0.25, -0.2) is 0 Å². The van der Waals surface area contributed by atoms with Crippen molar-refractivity contribution in [3.63, 3.8) is 0 Å². The highest BCUT2D eigenvalue weighted by Gasteiger charge is 2.53. The Labute approximate surface area is 122 Å². The summed E-state index contributed by atoms with van der Waals surface area (Å²) in [5.41, 5.74) is -1.50. The van der Waals surface area contributed by atoms with Gasteiger partial charge in [-0.05, 0) is 12.1 Å². The van der Waals surface area contributed by atoms with Crippen molar-refractivity contribution in [1.82, 2.24) is 0 Å². The molecule has 0 aliphatic carbocycles. The zero-order chi connectivity index (χ0) is 15.5. The van der Waals surface area contributed by atoms with E-state index in [1.54, 1.807) is 24.3 Å². The standard InChI is InChI=1S/C16H16O5/c1-2-13-16(20,9-8-11-6-4-3-5-7-11)15(19)14(18)12(10-17)21-13/h1,3-7,12-15,17-20H,10H2/t12-,13-,14-,15+,16-/m1/s1. The molecule has 1 aromatic rings. The maximum Gasteiger partial charge on any atom is 0.191 e. The average Bonchev–Trinajstić information content (AvgIpc) is 2.52. The van der Waals surface area contributed by atoms with E-state index in [4.69, 9.17) is 16.3 Å². The Balaban J connectivity index is 2.35. The molecule has 1 aromatic carbocycles. The van der Waals surface area contributed by atoms with Crippen LogP contribution in [0.1, 0.15) is 5.56 Å². The van der Waals surface area contributed by atoms with Crippen LogP contribution in [-0.4, -0.2) is 57.0 Å². The van der Waals surface area contributed by atoms with Crippen LogP contribution >= 0.6 is 0 Å². The molecule has 0 saturated carbocycles. The predicted molar refractivity (Wildman–Crippen MR) is 74.9 cm³/mol. The Kier molecular flexibility index (Phi) is 4.64. The average molecular weight is 288 g/mol. The minimum Gasteiger partial charge on any atom is -0.394 e. The highest BCUT2D eigenvalue weighted by atomic mass is 16.5. The fraction of sp³-hybridized carbons (Fsp3) is 0.375. The van der Waals surface area contributed by atoms with E-state index in [0.29, 0.717) is 5.56 Å². The van der Waals surface area contributed by atoms with Crippen LogP contribution in [0.3, 0.4) is 0 Å². The van der Waals surface area contributed by atoms with Gasteiger partial charge in [0.2, 0.25) is 0 Å². The van der Waals surface area contributed by atoms with Crippen molar-refractivity contribution in [3.05, 3.63) is 35.9 Å². The first-order valence-electron chi connectivity index (χ1n) is 6.42. The van der Waals surface area contributed by atoms with Gasteiger partial charge in [0.1, 0.15) is 18.3 Å². The summed E-state index contributed by atoms with van der Waals surface area (Å²) >= 11 is 0. The predicted octanol–water partition coefficient (Wildman–Crippen LogP) is -1.12. The minimum atomic E-state index is -2.12. The number of hydrogen-bond acceptors (Lipinski definition) is 5. The van der Waals surface area contributed by atoms with Gasteiger partial charge in [-0.3, -0.25) is 0 Å². The number of benzene rings is 1. The number of hydrogen-bond donors (Lipinski definition) is 4. The van der Waals surface area contributed by atoms with Crippen molar-refractivity contribution in [1.29, 1.82) is 0 Å². The van der Waals surface area contributed by atoms with E-state index < -0.39 is 36.6 Å². The summed E-state index contributed by atoms with van der Waals surface area (Å²) in [4.78, 5) is 0. The lowest BCUT2D eigenvalue weighted by atomic mass is 9.82. The summed E-state index contributed by atoms with van der Waals surface area (Å²) < 4.78 is 5.22. The van der Waals surface area contributed by atoms with E-state index in [2.05, 4.69) is 17.8 Å². The molecule has 0 unspecified atom stereocenters. The molecule has 5 heteroatoms. The van der Waals surface area contributed by atoms with E-state index in [1.807, 2.05) is 6.07 Å². The van der Waals surface area contributed by atoms with Gasteiger partial charge >= 0.3 is 0 Å². The number of aliphatic hydroxyl groups is 4. The second kappa shape index (κ2) is 6.28. The largest absolute Gasteiger partial charge is 0.394 e. The molecule has 1 heterocycles. The third-order valence-corrected chi connectivity index (χ3v) is 3.38. The second-order valence-corrected chi connectivity index (χ2v) is 4.78. The van der Waals surface area contributed by atoms with Crippen molar-refractivity contribution in [2.45, 2.75) is 30.0 Å². The molecule has 110 valence electrons.